The molecule has 152 valence electrons. The van der Waals surface area contributed by atoms with Gasteiger partial charge in [0.2, 0.25) is 5.91 Å². The number of nitrogens with zero attached hydrogens (tertiary/aromatic N) is 2. The molecule has 3 heterocycles. The molecule has 28 heavy (non-hydrogen) atoms. The third kappa shape index (κ3) is 3.62. The van der Waals surface area contributed by atoms with Gasteiger partial charge in [0.1, 0.15) is 17.5 Å². The van der Waals surface area contributed by atoms with E-state index in [1.54, 1.807) is 25.3 Å². The fourth-order valence-corrected chi connectivity index (χ4v) is 5.65. The van der Waals surface area contributed by atoms with Crippen LogP contribution in [0.3, 0.4) is 0 Å². The highest BCUT2D eigenvalue weighted by Gasteiger charge is 2.64. The normalized spacial score (nSPS) is 26.6. The summed E-state index contributed by atoms with van der Waals surface area (Å²) in [6.45, 7) is 9.46. The topological polar surface area (TPSA) is 126 Å². The molecule has 2 amide bonds. The van der Waals surface area contributed by atoms with Crippen LogP contribution in [-0.2, 0) is 14.4 Å². The number of nitrogens with one attached hydrogen (secondary N) is 1. The van der Waals surface area contributed by atoms with Crippen LogP contribution in [0.25, 0.3) is 5.57 Å². The summed E-state index contributed by atoms with van der Waals surface area (Å²) < 4.78 is -0.640. The highest BCUT2D eigenvalue weighted by molar-refractivity contribution is 8.01. The number of β-lactam (4-membered cyclic amide) rings is 1. The number of thioether (sulfide) groups is 1. The van der Waals surface area contributed by atoms with Crippen molar-refractivity contribution < 1.29 is 19.5 Å². The first-order valence-electron chi connectivity index (χ1n) is 8.80. The number of rotatable bonds is 4. The molecule has 1 aromatic heterocycles. The number of thiazole rings is 1. The number of carbonyl (C=O) groups is 3. The quantitative estimate of drug-likeness (QED) is 0.497. The number of nitrogen functional groups attached to an aromatic ring is 1. The van der Waals surface area contributed by atoms with Gasteiger partial charge in [-0.25, -0.2) is 9.78 Å². The number of hydrogen-bond donors (Lipinski definition) is 3. The number of nitrogens with two attached hydrogens (primary N) is 1. The highest BCUT2D eigenvalue weighted by Crippen LogP contribution is 2.50. The minimum atomic E-state index is -1.04. The van der Waals surface area contributed by atoms with Crippen molar-refractivity contribution in [3.8, 4) is 0 Å². The molecule has 0 saturated carbocycles. The SMILES string of the molecule is CC(C)(C)/C=C(\C(=O)N[C@@H]1C(=O)N2[C@@H]1SC(C)(C)[C@@H]2C(=O)O)c1csc(N)n1. The minimum absolute atomic E-state index is 0.292. The Bertz CT molecular complexity index is 871. The molecule has 10 heteroatoms. The lowest BCUT2D eigenvalue weighted by Gasteiger charge is -2.43. The molecule has 0 aromatic carbocycles. The summed E-state index contributed by atoms with van der Waals surface area (Å²) in [7, 11) is 0. The van der Waals surface area contributed by atoms with Gasteiger partial charge in [-0.15, -0.1) is 23.1 Å². The van der Waals surface area contributed by atoms with Gasteiger partial charge in [-0.05, 0) is 19.3 Å². The van der Waals surface area contributed by atoms with Gasteiger partial charge in [0.05, 0.1) is 11.3 Å². The zero-order valence-electron chi connectivity index (χ0n) is 16.3. The maximum absolute atomic E-state index is 13.0. The van der Waals surface area contributed by atoms with E-state index >= 15 is 0 Å². The lowest BCUT2D eigenvalue weighted by atomic mass is 9.92. The lowest BCUT2D eigenvalue weighted by Crippen LogP contribution is -2.70. The Hall–Kier alpha value is -2.07. The Labute approximate surface area is 171 Å². The smallest absolute Gasteiger partial charge is 0.327 e. The second-order valence-electron chi connectivity index (χ2n) is 8.54. The Kier molecular flexibility index (Phi) is 4.99. The van der Waals surface area contributed by atoms with Crippen LogP contribution in [0.1, 0.15) is 40.3 Å². The average Bonchev–Trinajstić information content (AvgIpc) is 3.08. The number of carboxylic acid groups (broad SMARTS) is 1. The van der Waals surface area contributed by atoms with E-state index in [4.69, 9.17) is 5.73 Å². The number of aromatic nitrogens is 1. The van der Waals surface area contributed by atoms with Crippen molar-refractivity contribution >= 4 is 51.6 Å². The Balaban J connectivity index is 1.83. The number of amides is 2. The van der Waals surface area contributed by atoms with Crippen LogP contribution in [0.5, 0.6) is 0 Å². The Morgan fingerprint density at radius 3 is 2.54 bits per heavy atom. The molecule has 2 fully saturated rings. The predicted molar refractivity (Wildman–Crippen MR) is 110 cm³/mol. The van der Waals surface area contributed by atoms with Gasteiger partial charge in [0.25, 0.3) is 5.91 Å². The molecule has 3 rings (SSSR count). The summed E-state index contributed by atoms with van der Waals surface area (Å²) in [4.78, 5) is 42.8. The van der Waals surface area contributed by atoms with E-state index in [0.717, 1.165) is 0 Å². The van der Waals surface area contributed by atoms with Gasteiger partial charge in [-0.1, -0.05) is 26.8 Å². The van der Waals surface area contributed by atoms with E-state index < -0.39 is 34.1 Å². The van der Waals surface area contributed by atoms with Gasteiger partial charge in [-0.3, -0.25) is 9.59 Å². The number of carbonyl (C=O) groups excluding carboxylic acids is 2. The molecule has 8 nitrogen and oxygen atoms in total. The summed E-state index contributed by atoms with van der Waals surface area (Å²) >= 11 is 2.62. The van der Waals surface area contributed by atoms with Crippen LogP contribution < -0.4 is 11.1 Å². The predicted octanol–water partition coefficient (Wildman–Crippen LogP) is 1.79. The third-order valence-electron chi connectivity index (χ3n) is 4.58. The summed E-state index contributed by atoms with van der Waals surface area (Å²) in [5.74, 6) is -1.84. The maximum Gasteiger partial charge on any atom is 0.327 e. The number of fused-ring (bicyclic) bond motifs is 1. The molecule has 0 unspecified atom stereocenters. The van der Waals surface area contributed by atoms with Crippen molar-refractivity contribution in [3.63, 3.8) is 0 Å². The van der Waals surface area contributed by atoms with Gasteiger partial charge in [-0.2, -0.15) is 0 Å². The summed E-state index contributed by atoms with van der Waals surface area (Å²) in [6, 6.07) is -1.67. The van der Waals surface area contributed by atoms with E-state index in [1.807, 2.05) is 20.8 Å². The monoisotopic (exact) mass is 424 g/mol. The molecule has 3 atom stereocenters. The van der Waals surface area contributed by atoms with E-state index in [1.165, 1.54) is 28.0 Å². The van der Waals surface area contributed by atoms with Crippen LogP contribution in [0.15, 0.2) is 11.5 Å². The van der Waals surface area contributed by atoms with Crippen molar-refractivity contribution in [1.82, 2.24) is 15.2 Å². The van der Waals surface area contributed by atoms with E-state index in [2.05, 4.69) is 10.3 Å². The maximum atomic E-state index is 13.0. The largest absolute Gasteiger partial charge is 0.480 e. The molecule has 0 aliphatic carbocycles. The van der Waals surface area contributed by atoms with Gasteiger partial charge in [0.15, 0.2) is 5.13 Å². The molecule has 1 aromatic rings. The van der Waals surface area contributed by atoms with Crippen molar-refractivity contribution in [2.75, 3.05) is 5.73 Å². The van der Waals surface area contributed by atoms with Crippen molar-refractivity contribution in [2.45, 2.75) is 56.8 Å². The number of anilines is 1. The van der Waals surface area contributed by atoms with Crippen molar-refractivity contribution in [2.24, 2.45) is 5.41 Å². The van der Waals surface area contributed by atoms with Crippen LogP contribution in [-0.4, -0.2) is 55.0 Å². The first kappa shape index (κ1) is 20.7. The molecule has 4 N–H and O–H groups in total. The molecule has 2 aliphatic rings. The Morgan fingerprint density at radius 1 is 1.39 bits per heavy atom. The molecule has 2 aliphatic heterocycles. The van der Waals surface area contributed by atoms with Crippen LogP contribution in [0.2, 0.25) is 0 Å². The second-order valence-corrected chi connectivity index (χ2v) is 11.2. The molecular formula is C18H24N4O4S2. The number of hydrogen-bond acceptors (Lipinski definition) is 7. The van der Waals surface area contributed by atoms with E-state index in [9.17, 15) is 19.5 Å². The summed E-state index contributed by atoms with van der Waals surface area (Å²) in [5.41, 5.74) is 6.23. The third-order valence-corrected chi connectivity index (χ3v) is 6.83. The van der Waals surface area contributed by atoms with Gasteiger partial charge >= 0.3 is 5.97 Å². The first-order valence-corrected chi connectivity index (χ1v) is 10.6. The number of carboxylic acids is 1. The Morgan fingerprint density at radius 2 is 2.04 bits per heavy atom. The fraction of sp³-hybridized carbons (Fsp3) is 0.556. The van der Waals surface area contributed by atoms with Crippen LogP contribution >= 0.6 is 23.1 Å². The highest BCUT2D eigenvalue weighted by atomic mass is 32.2. The first-order chi connectivity index (χ1) is 12.8. The van der Waals surface area contributed by atoms with E-state index in [0.29, 0.717) is 16.4 Å². The summed E-state index contributed by atoms with van der Waals surface area (Å²) in [6.07, 6.45) is 1.80. The van der Waals surface area contributed by atoms with Gasteiger partial charge in [0, 0.05) is 10.1 Å². The summed E-state index contributed by atoms with van der Waals surface area (Å²) in [5, 5.41) is 13.9. The van der Waals surface area contributed by atoms with Crippen LogP contribution in [0.4, 0.5) is 5.13 Å². The average molecular weight is 425 g/mol. The standard InChI is InChI=1S/C18H24N4O4S2/c1-17(2,3)6-8(9-7-27-16(19)20-9)12(23)21-10-13(24)22-11(15(25)26)18(4,5)28-14(10)22/h6-7,10-11,14H,1-5H3,(H2,19,20)(H,21,23)(H,25,26)/b8-6-/t10-,11+,14-/m1/s1. The number of aliphatic carboxylic acids is 1. The molecule has 0 radical (unpaired) electrons. The molecule has 2 saturated heterocycles. The minimum Gasteiger partial charge on any atom is -0.480 e. The second kappa shape index (κ2) is 6.77. The van der Waals surface area contributed by atoms with Crippen molar-refractivity contribution in [1.29, 1.82) is 0 Å². The van der Waals surface area contributed by atoms with Gasteiger partial charge < -0.3 is 21.1 Å². The fourth-order valence-electron chi connectivity index (χ4n) is 3.46. The molecular weight excluding hydrogens is 400 g/mol. The zero-order valence-corrected chi connectivity index (χ0v) is 18.0. The molecule has 0 spiro atoms. The zero-order chi connectivity index (χ0) is 21.0. The van der Waals surface area contributed by atoms with Crippen molar-refractivity contribution in [3.05, 3.63) is 17.2 Å². The van der Waals surface area contributed by atoms with Crippen LogP contribution in [0, 0.1) is 5.41 Å². The lowest BCUT2D eigenvalue weighted by molar-refractivity contribution is -0.160. The number of allylic oxidation sites excluding steroid dienone is 1. The molecule has 0 bridgehead atoms. The van der Waals surface area contributed by atoms with E-state index in [-0.39, 0.29) is 11.3 Å².